The minimum Gasteiger partial charge on any atom is -0.478 e. The fourth-order valence-electron chi connectivity index (χ4n) is 0.359. The molecule has 17 heavy (non-hydrogen) atoms. The summed E-state index contributed by atoms with van der Waals surface area (Å²) in [6.45, 7) is 0. The Morgan fingerprint density at radius 2 is 1.18 bits per heavy atom. The standard InChI is InChI=1S/C4H4O7S.H2O4S/c5-3(6)1-2(4(7)8)12(9,10)11;1-5(2,3)4/h1H,(H,5,6)(H,7,8)(H,9,10,11);(H2,1,2,3,4)/b2-1+;. The molecule has 13 heteroatoms. The van der Waals surface area contributed by atoms with E-state index in [0.717, 1.165) is 0 Å². The summed E-state index contributed by atoms with van der Waals surface area (Å²) in [6.07, 6.45) is -0.113. The monoisotopic (exact) mass is 294 g/mol. The van der Waals surface area contributed by atoms with Crippen molar-refractivity contribution in [2.45, 2.75) is 0 Å². The van der Waals surface area contributed by atoms with E-state index in [9.17, 15) is 18.0 Å². The Morgan fingerprint density at radius 3 is 1.24 bits per heavy atom. The van der Waals surface area contributed by atoms with E-state index < -0.39 is 37.4 Å². The summed E-state index contributed by atoms with van der Waals surface area (Å²) in [5, 5.41) is 16.1. The predicted octanol–water partition coefficient (Wildman–Crippen LogP) is -1.73. The van der Waals surface area contributed by atoms with Crippen molar-refractivity contribution in [3.05, 3.63) is 11.0 Å². The largest absolute Gasteiger partial charge is 0.478 e. The van der Waals surface area contributed by atoms with Crippen molar-refractivity contribution in [3.8, 4) is 0 Å². The summed E-state index contributed by atoms with van der Waals surface area (Å²) in [5.74, 6) is -3.80. The molecule has 0 heterocycles. The van der Waals surface area contributed by atoms with Gasteiger partial charge in [-0.1, -0.05) is 0 Å². The van der Waals surface area contributed by atoms with Gasteiger partial charge in [0, 0.05) is 0 Å². The zero-order chi connectivity index (χ0) is 14.4. The zero-order valence-corrected chi connectivity index (χ0v) is 9.21. The maximum atomic E-state index is 10.2. The number of carbonyl (C=O) groups is 2. The molecule has 0 aromatic heterocycles. The molecular weight excluding hydrogens is 288 g/mol. The maximum Gasteiger partial charge on any atom is 0.394 e. The highest BCUT2D eigenvalue weighted by Crippen LogP contribution is 2.03. The highest BCUT2D eigenvalue weighted by molar-refractivity contribution is 7.90. The van der Waals surface area contributed by atoms with Crippen LogP contribution in [0.25, 0.3) is 0 Å². The van der Waals surface area contributed by atoms with Gasteiger partial charge in [0.25, 0.3) is 0 Å². The van der Waals surface area contributed by atoms with Crippen LogP contribution in [0, 0.1) is 0 Å². The molecule has 0 saturated heterocycles. The summed E-state index contributed by atoms with van der Waals surface area (Å²) in [5.41, 5.74) is 0. The zero-order valence-electron chi connectivity index (χ0n) is 7.58. The molecular formula is C4H6O11S2. The Kier molecular flexibility index (Phi) is 6.57. The van der Waals surface area contributed by atoms with Crippen molar-refractivity contribution in [1.82, 2.24) is 0 Å². The number of carboxylic acid groups (broad SMARTS) is 2. The Morgan fingerprint density at radius 1 is 0.882 bits per heavy atom. The van der Waals surface area contributed by atoms with E-state index in [2.05, 4.69) is 0 Å². The van der Waals surface area contributed by atoms with Crippen molar-refractivity contribution in [2.24, 2.45) is 0 Å². The second-order valence-corrected chi connectivity index (χ2v) is 4.36. The third-order valence-electron chi connectivity index (χ3n) is 0.743. The van der Waals surface area contributed by atoms with Gasteiger partial charge in [0.2, 0.25) is 0 Å². The quantitative estimate of drug-likeness (QED) is 0.292. The molecule has 0 aliphatic rings. The third kappa shape index (κ3) is 14.5. The molecule has 0 spiro atoms. The van der Waals surface area contributed by atoms with E-state index >= 15 is 0 Å². The van der Waals surface area contributed by atoms with Crippen molar-refractivity contribution >= 4 is 32.5 Å². The van der Waals surface area contributed by atoms with Gasteiger partial charge in [-0.15, -0.1) is 0 Å². The second-order valence-electron chi connectivity index (χ2n) is 2.07. The molecule has 0 amide bonds. The van der Waals surface area contributed by atoms with Crippen LogP contribution in [0.5, 0.6) is 0 Å². The first-order chi connectivity index (χ1) is 7.25. The van der Waals surface area contributed by atoms with Crippen LogP contribution in [0.1, 0.15) is 0 Å². The van der Waals surface area contributed by atoms with Gasteiger partial charge < -0.3 is 10.2 Å². The Balaban J connectivity index is 0. The highest BCUT2D eigenvalue weighted by Gasteiger charge is 2.22. The van der Waals surface area contributed by atoms with Crippen molar-refractivity contribution in [2.75, 3.05) is 0 Å². The van der Waals surface area contributed by atoms with Crippen LogP contribution in [0.15, 0.2) is 11.0 Å². The van der Waals surface area contributed by atoms with Gasteiger partial charge in [-0.25, -0.2) is 9.59 Å². The van der Waals surface area contributed by atoms with Gasteiger partial charge in [0.15, 0.2) is 4.91 Å². The minimum atomic E-state index is -4.98. The molecule has 0 atom stereocenters. The molecule has 0 radical (unpaired) electrons. The molecule has 0 fully saturated rings. The van der Waals surface area contributed by atoms with E-state index in [4.69, 9.17) is 32.3 Å². The normalized spacial score (nSPS) is 12.3. The Bertz CT molecular complexity index is 512. The summed E-state index contributed by atoms with van der Waals surface area (Å²) < 4.78 is 60.0. The van der Waals surface area contributed by atoms with Gasteiger partial charge in [0.05, 0.1) is 6.08 Å². The summed E-state index contributed by atoms with van der Waals surface area (Å²) in [4.78, 5) is 18.3. The topological polar surface area (TPSA) is 204 Å². The third-order valence-corrected chi connectivity index (χ3v) is 1.59. The molecule has 5 N–H and O–H groups in total. The molecule has 0 rings (SSSR count). The number of hydrogen-bond donors (Lipinski definition) is 5. The summed E-state index contributed by atoms with van der Waals surface area (Å²) in [6, 6.07) is 0. The SMILES string of the molecule is O=C(O)/C=C(\C(=O)O)S(=O)(=O)O.O=S(=O)(O)O. The van der Waals surface area contributed by atoms with E-state index in [1.54, 1.807) is 0 Å². The predicted molar refractivity (Wildman–Crippen MR) is 49.1 cm³/mol. The Labute approximate surface area is 94.3 Å². The molecule has 11 nitrogen and oxygen atoms in total. The number of carboxylic acids is 2. The molecule has 0 aromatic rings. The maximum absolute atomic E-state index is 10.2. The smallest absolute Gasteiger partial charge is 0.394 e. The van der Waals surface area contributed by atoms with Crippen LogP contribution in [0.3, 0.4) is 0 Å². The molecule has 0 aliphatic heterocycles. The molecule has 0 aromatic carbocycles. The first kappa shape index (κ1) is 17.8. The van der Waals surface area contributed by atoms with Crippen LogP contribution >= 0.6 is 0 Å². The van der Waals surface area contributed by atoms with Crippen LogP contribution in [-0.2, 0) is 30.1 Å². The lowest BCUT2D eigenvalue weighted by atomic mass is 10.5. The van der Waals surface area contributed by atoms with E-state index in [1.165, 1.54) is 0 Å². The first-order valence-electron chi connectivity index (χ1n) is 3.10. The molecule has 0 bridgehead atoms. The van der Waals surface area contributed by atoms with Crippen molar-refractivity contribution in [3.63, 3.8) is 0 Å². The number of aliphatic carboxylic acids is 2. The van der Waals surface area contributed by atoms with Crippen molar-refractivity contribution in [1.29, 1.82) is 0 Å². The second kappa shape index (κ2) is 6.26. The average molecular weight is 294 g/mol. The highest BCUT2D eigenvalue weighted by atomic mass is 32.3. The fourth-order valence-corrected chi connectivity index (χ4v) is 0.829. The van der Waals surface area contributed by atoms with Gasteiger partial charge in [-0.05, 0) is 0 Å². The minimum absolute atomic E-state index is 0.113. The summed E-state index contributed by atoms with van der Waals surface area (Å²) in [7, 11) is -9.65. The van der Waals surface area contributed by atoms with E-state index in [1.807, 2.05) is 0 Å². The fraction of sp³-hybridized carbons (Fsp3) is 0. The lowest BCUT2D eigenvalue weighted by Crippen LogP contribution is -2.13. The molecule has 0 aliphatic carbocycles. The molecule has 0 saturated carbocycles. The van der Waals surface area contributed by atoms with E-state index in [-0.39, 0.29) is 6.08 Å². The van der Waals surface area contributed by atoms with Crippen LogP contribution < -0.4 is 0 Å². The lowest BCUT2D eigenvalue weighted by molar-refractivity contribution is -0.134. The van der Waals surface area contributed by atoms with Gasteiger partial charge in [-0.3, -0.25) is 13.7 Å². The Hall–Kier alpha value is -1.54. The first-order valence-corrected chi connectivity index (χ1v) is 5.94. The van der Waals surface area contributed by atoms with Crippen molar-refractivity contribution < 1.29 is 50.3 Å². The summed E-state index contributed by atoms with van der Waals surface area (Å²) >= 11 is 0. The van der Waals surface area contributed by atoms with Crippen LogP contribution in [0.4, 0.5) is 0 Å². The molecule has 100 valence electrons. The van der Waals surface area contributed by atoms with Crippen LogP contribution in [0.2, 0.25) is 0 Å². The van der Waals surface area contributed by atoms with Gasteiger partial charge in [0.1, 0.15) is 0 Å². The molecule has 0 unspecified atom stereocenters. The van der Waals surface area contributed by atoms with E-state index in [0.29, 0.717) is 0 Å². The average Bonchev–Trinajstić information content (AvgIpc) is 1.93. The van der Waals surface area contributed by atoms with Crippen LogP contribution in [-0.4, -0.2) is 52.6 Å². The lowest BCUT2D eigenvalue weighted by Gasteiger charge is -1.94. The van der Waals surface area contributed by atoms with Gasteiger partial charge >= 0.3 is 32.5 Å². The van der Waals surface area contributed by atoms with Gasteiger partial charge in [-0.2, -0.15) is 16.8 Å². The number of rotatable bonds is 3. The number of hydrogen-bond acceptors (Lipinski definition) is 6.